The van der Waals surface area contributed by atoms with Crippen LogP contribution in [0.5, 0.6) is 0 Å². The number of aryl methyl sites for hydroxylation is 1. The van der Waals surface area contributed by atoms with Crippen LogP contribution in [-0.4, -0.2) is 76.5 Å². The Morgan fingerprint density at radius 3 is 2.40 bits per heavy atom. The van der Waals surface area contributed by atoms with E-state index >= 15 is 0 Å². The van der Waals surface area contributed by atoms with Gasteiger partial charge in [0, 0.05) is 56.9 Å². The van der Waals surface area contributed by atoms with Gasteiger partial charge in [-0.15, -0.1) is 0 Å². The van der Waals surface area contributed by atoms with Crippen LogP contribution in [0.25, 0.3) is 11.4 Å². The first-order valence-electron chi connectivity index (χ1n) is 12.6. The lowest BCUT2D eigenvalue weighted by atomic mass is 10.1. The van der Waals surface area contributed by atoms with Gasteiger partial charge in [-0.2, -0.15) is 4.98 Å². The van der Waals surface area contributed by atoms with Gasteiger partial charge >= 0.3 is 0 Å². The number of piperazine rings is 1. The van der Waals surface area contributed by atoms with Crippen LogP contribution in [0, 0.1) is 0 Å². The Kier molecular flexibility index (Phi) is 7.60. The van der Waals surface area contributed by atoms with Gasteiger partial charge in [0.05, 0.1) is 0 Å². The van der Waals surface area contributed by atoms with Crippen molar-refractivity contribution in [1.82, 2.24) is 30.1 Å². The van der Waals surface area contributed by atoms with Crippen LogP contribution in [0.3, 0.4) is 0 Å². The molecule has 3 aromatic rings. The molecule has 1 fully saturated rings. The summed E-state index contributed by atoms with van der Waals surface area (Å²) in [5, 5.41) is 6.37. The number of fused-ring (bicyclic) bond motifs is 9. The molecule has 0 saturated carbocycles. The van der Waals surface area contributed by atoms with Crippen LogP contribution >= 0.6 is 0 Å². The molecule has 8 heteroatoms. The summed E-state index contributed by atoms with van der Waals surface area (Å²) in [4.78, 5) is 30.7. The van der Waals surface area contributed by atoms with E-state index in [2.05, 4.69) is 71.8 Å². The summed E-state index contributed by atoms with van der Waals surface area (Å²) in [5.41, 5.74) is 4.36. The maximum absolute atomic E-state index is 12.4. The smallest absolute Gasteiger partial charge is 0.230 e. The third-order valence-electron chi connectivity index (χ3n) is 6.74. The molecule has 3 aliphatic heterocycles. The second-order valence-electron chi connectivity index (χ2n) is 9.30. The molecule has 1 amide bonds. The Labute approximate surface area is 206 Å². The van der Waals surface area contributed by atoms with E-state index < -0.39 is 0 Å². The highest BCUT2D eigenvalue weighted by Crippen LogP contribution is 2.20. The van der Waals surface area contributed by atoms with Crippen molar-refractivity contribution < 1.29 is 4.79 Å². The van der Waals surface area contributed by atoms with Gasteiger partial charge in [0.15, 0.2) is 5.82 Å². The molecule has 2 N–H and O–H groups in total. The minimum absolute atomic E-state index is 0.125. The van der Waals surface area contributed by atoms with Crippen molar-refractivity contribution in [2.75, 3.05) is 51.1 Å². The monoisotopic (exact) mass is 471 g/mol. The van der Waals surface area contributed by atoms with E-state index in [0.29, 0.717) is 24.7 Å². The van der Waals surface area contributed by atoms with E-state index in [4.69, 9.17) is 0 Å². The fraction of sp³-hybridized carbons (Fsp3) is 0.407. The molecule has 6 rings (SSSR count). The van der Waals surface area contributed by atoms with Gasteiger partial charge in [-0.1, -0.05) is 30.3 Å². The normalized spacial score (nSPS) is 21.5. The lowest BCUT2D eigenvalue weighted by molar-refractivity contribution is -0.121. The summed E-state index contributed by atoms with van der Waals surface area (Å²) in [6.45, 7) is 6.75. The molecule has 8 bridgehead atoms. The number of carbonyl (C=O) groups is 1. The maximum atomic E-state index is 12.4. The van der Waals surface area contributed by atoms with Gasteiger partial charge in [0.25, 0.3) is 0 Å². The first-order valence-corrected chi connectivity index (χ1v) is 12.6. The number of nitrogens with one attached hydrogen (secondary N) is 2. The Bertz CT molecular complexity index is 1140. The standard InChI is InChI=1S/C27H33N7O/c35-25-10-13-34-16-14-33(15-17-34)12-3-6-21-4-1-7-23(18-21)26-29-20-30-27(32-26)31-24-8-2-5-22(19-24)9-11-28-25/h1-2,4-5,7-8,18-20H,3,6,9-17H2,(H,28,35)(H,29,30,31,32). The highest BCUT2D eigenvalue weighted by atomic mass is 16.1. The highest BCUT2D eigenvalue weighted by molar-refractivity contribution is 5.76. The van der Waals surface area contributed by atoms with E-state index in [1.165, 1.54) is 5.56 Å². The Morgan fingerprint density at radius 2 is 1.54 bits per heavy atom. The zero-order valence-corrected chi connectivity index (χ0v) is 20.1. The molecule has 0 spiro atoms. The van der Waals surface area contributed by atoms with E-state index in [1.807, 2.05) is 12.1 Å². The van der Waals surface area contributed by atoms with E-state index in [9.17, 15) is 4.79 Å². The fourth-order valence-electron chi connectivity index (χ4n) is 4.73. The molecule has 0 atom stereocenters. The number of carbonyl (C=O) groups excluding carboxylic acids is 1. The number of amides is 1. The van der Waals surface area contributed by atoms with Crippen molar-refractivity contribution >= 4 is 17.5 Å². The van der Waals surface area contributed by atoms with Crippen molar-refractivity contribution in [3.63, 3.8) is 0 Å². The molecular weight excluding hydrogens is 438 g/mol. The summed E-state index contributed by atoms with van der Waals surface area (Å²) in [6, 6.07) is 16.7. The average molecular weight is 472 g/mol. The summed E-state index contributed by atoms with van der Waals surface area (Å²) < 4.78 is 0. The maximum Gasteiger partial charge on any atom is 0.230 e. The van der Waals surface area contributed by atoms with E-state index in [1.54, 1.807) is 6.33 Å². The summed E-state index contributed by atoms with van der Waals surface area (Å²) in [5.74, 6) is 1.31. The molecule has 3 aliphatic rings. The zero-order chi connectivity index (χ0) is 23.9. The third kappa shape index (κ3) is 6.61. The van der Waals surface area contributed by atoms with Crippen molar-refractivity contribution in [1.29, 1.82) is 0 Å². The van der Waals surface area contributed by atoms with Gasteiger partial charge in [0.1, 0.15) is 6.33 Å². The van der Waals surface area contributed by atoms with Gasteiger partial charge in [-0.25, -0.2) is 9.97 Å². The number of anilines is 2. The van der Waals surface area contributed by atoms with Crippen LogP contribution in [0.15, 0.2) is 54.9 Å². The van der Waals surface area contributed by atoms with Crippen LogP contribution in [0.4, 0.5) is 11.6 Å². The summed E-state index contributed by atoms with van der Waals surface area (Å²) in [7, 11) is 0. The number of hydrogen-bond acceptors (Lipinski definition) is 7. The van der Waals surface area contributed by atoms with Crippen LogP contribution < -0.4 is 10.6 Å². The first kappa shape index (κ1) is 23.4. The largest absolute Gasteiger partial charge is 0.356 e. The number of aromatic nitrogens is 3. The second-order valence-corrected chi connectivity index (χ2v) is 9.30. The van der Waals surface area contributed by atoms with Crippen molar-refractivity contribution in [3.05, 3.63) is 66.0 Å². The SMILES string of the molecule is O=C1CCN2CCN(CCCc3cccc(c3)-c3ncnc(n3)Nc3cccc(c3)CCN1)CC2. The number of rotatable bonds is 0. The second kappa shape index (κ2) is 11.4. The van der Waals surface area contributed by atoms with Crippen molar-refractivity contribution in [2.45, 2.75) is 25.7 Å². The molecule has 0 radical (unpaired) electrons. The minimum atomic E-state index is 0.125. The molecule has 35 heavy (non-hydrogen) atoms. The summed E-state index contributed by atoms with van der Waals surface area (Å²) in [6.07, 6.45) is 5.02. The van der Waals surface area contributed by atoms with Gasteiger partial charge < -0.3 is 20.4 Å². The minimum Gasteiger partial charge on any atom is -0.356 e. The molecule has 0 unspecified atom stereocenters. The predicted octanol–water partition coefficient (Wildman–Crippen LogP) is 2.89. The lowest BCUT2D eigenvalue weighted by Crippen LogP contribution is -2.47. The zero-order valence-electron chi connectivity index (χ0n) is 20.1. The van der Waals surface area contributed by atoms with E-state index in [-0.39, 0.29) is 5.91 Å². The third-order valence-corrected chi connectivity index (χ3v) is 6.74. The number of hydrogen-bond donors (Lipinski definition) is 2. The molecule has 0 aliphatic carbocycles. The van der Waals surface area contributed by atoms with Gasteiger partial charge in [-0.05, 0) is 55.1 Å². The van der Waals surface area contributed by atoms with E-state index in [0.717, 1.165) is 75.3 Å². The van der Waals surface area contributed by atoms with Crippen molar-refractivity contribution in [2.24, 2.45) is 0 Å². The quantitative estimate of drug-likeness (QED) is 0.521. The Morgan fingerprint density at radius 1 is 0.771 bits per heavy atom. The molecular formula is C27H33N7O. The molecule has 4 heterocycles. The Balaban J connectivity index is 1.34. The molecule has 2 aromatic carbocycles. The topological polar surface area (TPSA) is 86.3 Å². The molecule has 8 nitrogen and oxygen atoms in total. The molecule has 1 saturated heterocycles. The number of benzene rings is 2. The summed E-state index contributed by atoms with van der Waals surface area (Å²) >= 11 is 0. The lowest BCUT2D eigenvalue weighted by Gasteiger charge is -2.34. The fourth-order valence-corrected chi connectivity index (χ4v) is 4.73. The van der Waals surface area contributed by atoms with Gasteiger partial charge in [-0.3, -0.25) is 4.79 Å². The van der Waals surface area contributed by atoms with Crippen LogP contribution in [0.2, 0.25) is 0 Å². The predicted molar refractivity (Wildman–Crippen MR) is 138 cm³/mol. The average Bonchev–Trinajstić information content (AvgIpc) is 2.88. The molecule has 182 valence electrons. The molecule has 1 aromatic heterocycles. The van der Waals surface area contributed by atoms with Gasteiger partial charge in [0.2, 0.25) is 11.9 Å². The van der Waals surface area contributed by atoms with Crippen LogP contribution in [0.1, 0.15) is 24.0 Å². The first-order chi connectivity index (χ1) is 17.2. The van der Waals surface area contributed by atoms with Crippen LogP contribution in [-0.2, 0) is 17.6 Å². The highest BCUT2D eigenvalue weighted by Gasteiger charge is 2.17. The number of nitrogens with zero attached hydrogens (tertiary/aromatic N) is 5. The van der Waals surface area contributed by atoms with Crippen molar-refractivity contribution in [3.8, 4) is 11.4 Å². The Hall–Kier alpha value is -3.36.